The Bertz CT molecular complexity index is 1050. The molecule has 1 aromatic heterocycles. The molecule has 4 rings (SSSR count). The maximum absolute atomic E-state index is 13.3. The molecule has 2 amide bonds. The van der Waals surface area contributed by atoms with E-state index in [1.54, 1.807) is 4.90 Å². The monoisotopic (exact) mass is 399 g/mol. The summed E-state index contributed by atoms with van der Waals surface area (Å²) in [5.41, 5.74) is 1.95. The van der Waals surface area contributed by atoms with E-state index in [1.807, 2.05) is 30.5 Å². The van der Waals surface area contributed by atoms with Crippen LogP contribution < -0.4 is 5.32 Å². The van der Waals surface area contributed by atoms with Crippen molar-refractivity contribution in [1.82, 2.24) is 9.88 Å². The zero-order chi connectivity index (χ0) is 19.7. The molecule has 28 heavy (non-hydrogen) atoms. The summed E-state index contributed by atoms with van der Waals surface area (Å²) in [5, 5.41) is 3.77. The summed E-state index contributed by atoms with van der Waals surface area (Å²) in [7, 11) is 0. The number of nitrogens with one attached hydrogen (secondary N) is 2. The van der Waals surface area contributed by atoms with E-state index in [2.05, 4.69) is 10.3 Å². The summed E-state index contributed by atoms with van der Waals surface area (Å²) in [6.07, 6.45) is 3.28. The number of likely N-dealkylation sites (tertiary alicyclic amines) is 1. The largest absolute Gasteiger partial charge is 0.361 e. The molecule has 0 unspecified atom stereocenters. The first kappa shape index (κ1) is 18.5. The second-order valence-corrected chi connectivity index (χ2v) is 7.40. The molecule has 144 valence electrons. The molecule has 0 bridgehead atoms. The number of piperidine rings is 1. The smallest absolute Gasteiger partial charge is 0.253 e. The summed E-state index contributed by atoms with van der Waals surface area (Å²) in [6.45, 7) is 0.968. The van der Waals surface area contributed by atoms with Crippen LogP contribution in [0, 0.1) is 11.7 Å². The Morgan fingerprint density at radius 1 is 1.18 bits per heavy atom. The van der Waals surface area contributed by atoms with Crippen LogP contribution in [0.2, 0.25) is 5.02 Å². The molecule has 0 saturated carbocycles. The van der Waals surface area contributed by atoms with Crippen LogP contribution in [-0.4, -0.2) is 34.8 Å². The Balaban J connectivity index is 1.44. The van der Waals surface area contributed by atoms with Gasteiger partial charge in [-0.1, -0.05) is 17.7 Å². The lowest BCUT2D eigenvalue weighted by Gasteiger charge is -2.32. The van der Waals surface area contributed by atoms with Crippen LogP contribution in [0.25, 0.3) is 10.9 Å². The zero-order valence-corrected chi connectivity index (χ0v) is 15.8. The maximum atomic E-state index is 13.3. The Morgan fingerprint density at radius 3 is 2.86 bits per heavy atom. The molecule has 0 spiro atoms. The summed E-state index contributed by atoms with van der Waals surface area (Å²) >= 11 is 5.77. The molecular weight excluding hydrogens is 381 g/mol. The van der Waals surface area contributed by atoms with Crippen molar-refractivity contribution in [2.75, 3.05) is 18.4 Å². The molecule has 5 nitrogen and oxygen atoms in total. The quantitative estimate of drug-likeness (QED) is 0.683. The lowest BCUT2D eigenvalue weighted by Crippen LogP contribution is -2.43. The van der Waals surface area contributed by atoms with Crippen LogP contribution in [-0.2, 0) is 4.79 Å². The predicted molar refractivity (Wildman–Crippen MR) is 107 cm³/mol. The van der Waals surface area contributed by atoms with E-state index in [9.17, 15) is 14.0 Å². The number of amides is 2. The molecular formula is C21H19ClFN3O2. The van der Waals surface area contributed by atoms with Gasteiger partial charge in [0.05, 0.1) is 10.9 Å². The molecule has 1 fully saturated rings. The van der Waals surface area contributed by atoms with Crippen LogP contribution in [0.3, 0.4) is 0 Å². The summed E-state index contributed by atoms with van der Waals surface area (Å²) in [4.78, 5) is 30.3. The minimum atomic E-state index is -0.534. The molecule has 0 radical (unpaired) electrons. The van der Waals surface area contributed by atoms with Gasteiger partial charge in [0.15, 0.2) is 0 Å². The van der Waals surface area contributed by atoms with Gasteiger partial charge in [-0.25, -0.2) is 4.39 Å². The Morgan fingerprint density at radius 2 is 2.04 bits per heavy atom. The first-order valence-electron chi connectivity index (χ1n) is 9.13. The number of fused-ring (bicyclic) bond motifs is 1. The molecule has 2 aromatic carbocycles. The fourth-order valence-electron chi connectivity index (χ4n) is 3.56. The number of halogens is 2. The number of benzene rings is 2. The normalized spacial score (nSPS) is 16.9. The van der Waals surface area contributed by atoms with Crippen molar-refractivity contribution in [2.24, 2.45) is 5.92 Å². The second-order valence-electron chi connectivity index (χ2n) is 6.99. The third-order valence-electron chi connectivity index (χ3n) is 5.07. The zero-order valence-electron chi connectivity index (χ0n) is 15.0. The third-order valence-corrected chi connectivity index (χ3v) is 5.36. The van der Waals surface area contributed by atoms with E-state index >= 15 is 0 Å². The lowest BCUT2D eigenvalue weighted by atomic mass is 9.96. The van der Waals surface area contributed by atoms with E-state index in [0.29, 0.717) is 30.8 Å². The van der Waals surface area contributed by atoms with Crippen molar-refractivity contribution < 1.29 is 14.0 Å². The Kier molecular flexibility index (Phi) is 5.05. The molecule has 1 aliphatic heterocycles. The van der Waals surface area contributed by atoms with E-state index < -0.39 is 5.82 Å². The van der Waals surface area contributed by atoms with Gasteiger partial charge < -0.3 is 15.2 Å². The van der Waals surface area contributed by atoms with Gasteiger partial charge in [-0.2, -0.15) is 0 Å². The first-order chi connectivity index (χ1) is 13.5. The number of hydrogen-bond acceptors (Lipinski definition) is 2. The molecule has 3 aromatic rings. The molecule has 2 heterocycles. The van der Waals surface area contributed by atoms with Crippen LogP contribution in [0.4, 0.5) is 10.1 Å². The lowest BCUT2D eigenvalue weighted by molar-refractivity contribution is -0.121. The number of carbonyl (C=O) groups is 2. The van der Waals surface area contributed by atoms with Gasteiger partial charge in [-0.05, 0) is 54.6 Å². The topological polar surface area (TPSA) is 65.2 Å². The van der Waals surface area contributed by atoms with Crippen LogP contribution in [0.5, 0.6) is 0 Å². The average molecular weight is 400 g/mol. The fraction of sp³-hybridized carbons (Fsp3) is 0.238. The predicted octanol–water partition coefficient (Wildman–Crippen LogP) is 4.45. The van der Waals surface area contributed by atoms with E-state index in [4.69, 9.17) is 11.6 Å². The van der Waals surface area contributed by atoms with Gasteiger partial charge in [0, 0.05) is 36.1 Å². The van der Waals surface area contributed by atoms with Crippen molar-refractivity contribution in [1.29, 1.82) is 0 Å². The summed E-state index contributed by atoms with van der Waals surface area (Å²) in [5.74, 6) is -1.14. The number of rotatable bonds is 3. The van der Waals surface area contributed by atoms with Crippen LogP contribution >= 0.6 is 11.6 Å². The van der Waals surface area contributed by atoms with Crippen molar-refractivity contribution in [3.63, 3.8) is 0 Å². The minimum absolute atomic E-state index is 0.0436. The molecule has 2 N–H and O–H groups in total. The van der Waals surface area contributed by atoms with Crippen LogP contribution in [0.15, 0.2) is 48.7 Å². The minimum Gasteiger partial charge on any atom is -0.361 e. The number of nitrogens with zero attached hydrogens (tertiary/aromatic N) is 1. The average Bonchev–Trinajstić information content (AvgIpc) is 3.18. The highest BCUT2D eigenvalue weighted by atomic mass is 35.5. The van der Waals surface area contributed by atoms with Gasteiger partial charge in [-0.3, -0.25) is 9.59 Å². The van der Waals surface area contributed by atoms with Gasteiger partial charge in [-0.15, -0.1) is 0 Å². The maximum Gasteiger partial charge on any atom is 0.253 e. The number of aromatic nitrogens is 1. The molecule has 7 heteroatoms. The van der Waals surface area contributed by atoms with Crippen LogP contribution in [0.1, 0.15) is 23.2 Å². The number of aromatic amines is 1. The second kappa shape index (κ2) is 7.64. The van der Waals surface area contributed by atoms with Crippen molar-refractivity contribution in [3.8, 4) is 0 Å². The Hall–Kier alpha value is -2.86. The van der Waals surface area contributed by atoms with Crippen molar-refractivity contribution >= 4 is 40.0 Å². The third kappa shape index (κ3) is 3.73. The molecule has 0 aliphatic carbocycles. The standard InChI is InChI=1S/C21H19ClFN3O2/c22-17-11-16(5-6-18(17)23)25-20(27)15-2-1-9-26(12-15)21(28)14-4-3-13-7-8-24-19(13)10-14/h3-8,10-11,15,24H,1-2,9,12H2,(H,25,27)/t15-/m1/s1. The summed E-state index contributed by atoms with van der Waals surface area (Å²) < 4.78 is 13.3. The van der Waals surface area contributed by atoms with Gasteiger partial charge in [0.2, 0.25) is 5.91 Å². The molecule has 1 aliphatic rings. The highest BCUT2D eigenvalue weighted by molar-refractivity contribution is 6.31. The van der Waals surface area contributed by atoms with Crippen molar-refractivity contribution in [3.05, 3.63) is 65.1 Å². The van der Waals surface area contributed by atoms with Gasteiger partial charge in [0.25, 0.3) is 5.91 Å². The van der Waals surface area contributed by atoms with E-state index in [0.717, 1.165) is 17.3 Å². The van der Waals surface area contributed by atoms with Gasteiger partial charge in [0.1, 0.15) is 5.82 Å². The summed E-state index contributed by atoms with van der Waals surface area (Å²) in [6, 6.07) is 11.6. The van der Waals surface area contributed by atoms with Gasteiger partial charge >= 0.3 is 0 Å². The van der Waals surface area contributed by atoms with E-state index in [-0.39, 0.29) is 22.8 Å². The fourth-order valence-corrected chi connectivity index (χ4v) is 3.74. The van der Waals surface area contributed by atoms with E-state index in [1.165, 1.54) is 18.2 Å². The molecule has 1 saturated heterocycles. The van der Waals surface area contributed by atoms with Crippen molar-refractivity contribution in [2.45, 2.75) is 12.8 Å². The highest BCUT2D eigenvalue weighted by Gasteiger charge is 2.29. The Labute approximate surface area is 166 Å². The number of H-pyrrole nitrogens is 1. The SMILES string of the molecule is O=C(Nc1ccc(F)c(Cl)c1)[C@@H]1CCCN(C(=O)c2ccc3cc[nH]c3c2)C1. The number of anilines is 1. The first-order valence-corrected chi connectivity index (χ1v) is 9.51. The highest BCUT2D eigenvalue weighted by Crippen LogP contribution is 2.24. The number of carbonyl (C=O) groups excluding carboxylic acids is 2. The number of hydrogen-bond donors (Lipinski definition) is 2. The molecule has 1 atom stereocenters.